The number of nitrogens with one attached hydrogen (secondary N) is 1. The number of hydrogen-bond acceptors (Lipinski definition) is 7. The minimum atomic E-state index is -2.66. The highest BCUT2D eigenvalue weighted by atomic mass is 28.3. The van der Waals surface area contributed by atoms with Crippen molar-refractivity contribution in [3.05, 3.63) is 36.7 Å². The molecule has 4 heterocycles. The maximum absolute atomic E-state index is 13.9. The van der Waals surface area contributed by atoms with Crippen LogP contribution in [0.15, 0.2) is 36.7 Å². The highest BCUT2D eigenvalue weighted by molar-refractivity contribution is 6.76. The first kappa shape index (κ1) is 34.5. The molecule has 2 aromatic heterocycles. The normalized spacial score (nSPS) is 17.2. The van der Waals surface area contributed by atoms with Crippen molar-refractivity contribution < 1.29 is 27.8 Å². The number of urea groups is 1. The van der Waals surface area contributed by atoms with Crippen molar-refractivity contribution >= 4 is 42.7 Å². The molecule has 0 atom stereocenters. The van der Waals surface area contributed by atoms with E-state index in [1.807, 2.05) is 60.6 Å². The second kappa shape index (κ2) is 13.8. The zero-order valence-electron chi connectivity index (χ0n) is 28.3. The van der Waals surface area contributed by atoms with Gasteiger partial charge in [-0.25, -0.2) is 28.3 Å². The Kier molecular flexibility index (Phi) is 10.1. The van der Waals surface area contributed by atoms with Crippen LogP contribution in [0.2, 0.25) is 25.7 Å². The van der Waals surface area contributed by atoms with Crippen LogP contribution in [-0.2, 0) is 16.2 Å². The van der Waals surface area contributed by atoms with Gasteiger partial charge in [0.2, 0.25) is 0 Å². The average molecular weight is 672 g/mol. The molecule has 11 nitrogen and oxygen atoms in total. The van der Waals surface area contributed by atoms with E-state index in [1.54, 1.807) is 9.80 Å². The lowest BCUT2D eigenvalue weighted by atomic mass is 10.1. The van der Waals surface area contributed by atoms with Gasteiger partial charge in [-0.2, -0.15) is 0 Å². The predicted octanol–water partition coefficient (Wildman–Crippen LogP) is 6.73. The predicted molar refractivity (Wildman–Crippen MR) is 182 cm³/mol. The van der Waals surface area contributed by atoms with Crippen molar-refractivity contribution in [2.24, 2.45) is 0 Å². The molecular weight excluding hydrogens is 624 g/mol. The fraction of sp³-hybridized carbons (Fsp3) is 0.576. The van der Waals surface area contributed by atoms with Gasteiger partial charge >= 0.3 is 12.1 Å². The van der Waals surface area contributed by atoms with E-state index < -0.39 is 19.6 Å². The summed E-state index contributed by atoms with van der Waals surface area (Å²) >= 11 is 0. The molecule has 2 fully saturated rings. The number of hydrogen-bond donors (Lipinski definition) is 1. The number of fused-ring (bicyclic) bond motifs is 1. The summed E-state index contributed by atoms with van der Waals surface area (Å²) in [4.78, 5) is 39.7. The lowest BCUT2D eigenvalue weighted by molar-refractivity contribution is -0.0221. The van der Waals surface area contributed by atoms with E-state index in [4.69, 9.17) is 9.47 Å². The highest BCUT2D eigenvalue weighted by Crippen LogP contribution is 2.36. The zero-order valence-corrected chi connectivity index (χ0v) is 29.3. The largest absolute Gasteiger partial charge is 0.444 e. The van der Waals surface area contributed by atoms with Gasteiger partial charge in [-0.1, -0.05) is 31.8 Å². The van der Waals surface area contributed by atoms with Crippen LogP contribution in [-0.4, -0.2) is 102 Å². The number of amides is 3. The van der Waals surface area contributed by atoms with Gasteiger partial charge < -0.3 is 34.1 Å². The van der Waals surface area contributed by atoms with Crippen molar-refractivity contribution in [3.8, 4) is 11.3 Å². The van der Waals surface area contributed by atoms with E-state index in [0.29, 0.717) is 49.9 Å². The molecule has 0 radical (unpaired) electrons. The van der Waals surface area contributed by atoms with E-state index in [9.17, 15) is 18.4 Å². The number of ether oxygens (including phenoxy) is 2. The molecule has 0 aliphatic carbocycles. The smallest absolute Gasteiger partial charge is 0.410 e. The van der Waals surface area contributed by atoms with Crippen molar-refractivity contribution in [1.29, 1.82) is 0 Å². The van der Waals surface area contributed by atoms with Gasteiger partial charge in [-0.05, 0) is 50.6 Å². The molecule has 47 heavy (non-hydrogen) atoms. The molecule has 3 aromatic rings. The number of aromatic nitrogens is 3. The SMILES string of the molecule is CC(C)(C)OC(=O)N1CCN(C(=O)Nc2ccc(-c3cc4c(N5CCC(F)(F)CC5)ncnc4n3COCC[Si](C)(C)C)cc2)CC1. The average Bonchev–Trinajstić information content (AvgIpc) is 3.37. The maximum atomic E-state index is 13.9. The number of nitrogens with zero attached hydrogens (tertiary/aromatic N) is 6. The minimum absolute atomic E-state index is 0.210. The van der Waals surface area contributed by atoms with E-state index in [0.717, 1.165) is 22.7 Å². The van der Waals surface area contributed by atoms with Gasteiger partial charge in [-0.15, -0.1) is 0 Å². The van der Waals surface area contributed by atoms with Gasteiger partial charge in [0, 0.05) is 72.5 Å². The molecule has 2 aliphatic heterocycles. The van der Waals surface area contributed by atoms with Crippen molar-refractivity contribution in [2.75, 3.05) is 56.1 Å². The van der Waals surface area contributed by atoms with Crippen LogP contribution in [0.5, 0.6) is 0 Å². The standard InChI is InChI=1S/C33H47F2N7O4Si/c1-32(2,3)46-31(44)41-17-15-40(16-18-41)30(43)38-25-9-7-24(8-10-25)27-21-26-28(39-13-11-33(34,35)12-14-39)36-22-37-29(26)42(27)23-45-19-20-47(4,5)6/h7-10,21-22H,11-20,23H2,1-6H3,(H,38,43). The molecule has 2 aliphatic rings. The van der Waals surface area contributed by atoms with E-state index in [2.05, 4.69) is 34.9 Å². The second-order valence-electron chi connectivity index (χ2n) is 14.5. The fourth-order valence-electron chi connectivity index (χ4n) is 5.60. The van der Waals surface area contributed by atoms with Crippen molar-refractivity contribution in [2.45, 2.75) is 77.6 Å². The zero-order chi connectivity index (χ0) is 34.0. The van der Waals surface area contributed by atoms with Gasteiger partial charge in [-0.3, -0.25) is 0 Å². The minimum Gasteiger partial charge on any atom is -0.444 e. The van der Waals surface area contributed by atoms with Gasteiger partial charge in [0.25, 0.3) is 5.92 Å². The molecule has 0 unspecified atom stereocenters. The molecule has 1 N–H and O–H groups in total. The molecule has 256 valence electrons. The Balaban J connectivity index is 1.31. The number of anilines is 2. The first-order chi connectivity index (χ1) is 22.1. The Morgan fingerprint density at radius 2 is 1.60 bits per heavy atom. The van der Waals surface area contributed by atoms with Gasteiger partial charge in [0.05, 0.1) is 11.1 Å². The fourth-order valence-corrected chi connectivity index (χ4v) is 6.35. The molecule has 3 amide bonds. The summed E-state index contributed by atoms with van der Waals surface area (Å²) in [7, 11) is -1.29. The summed E-state index contributed by atoms with van der Waals surface area (Å²) in [5.74, 6) is -2.02. The Hall–Kier alpha value is -3.78. The molecule has 5 rings (SSSR count). The summed E-state index contributed by atoms with van der Waals surface area (Å²) in [6.07, 6.45) is 0.693. The number of benzene rings is 1. The molecule has 0 spiro atoms. The summed E-state index contributed by atoms with van der Waals surface area (Å²) in [6, 6.07) is 10.3. The number of piperazine rings is 1. The maximum Gasteiger partial charge on any atom is 0.410 e. The van der Waals surface area contributed by atoms with Crippen molar-refractivity contribution in [1.82, 2.24) is 24.3 Å². The topological polar surface area (TPSA) is 105 Å². The number of piperidine rings is 1. The molecule has 0 saturated carbocycles. The second-order valence-corrected chi connectivity index (χ2v) is 20.2. The molecule has 1 aromatic carbocycles. The number of rotatable bonds is 8. The third kappa shape index (κ3) is 8.98. The molecule has 2 saturated heterocycles. The number of carbonyl (C=O) groups is 2. The quantitative estimate of drug-likeness (QED) is 0.209. The third-order valence-electron chi connectivity index (χ3n) is 8.33. The summed E-state index contributed by atoms with van der Waals surface area (Å²) < 4.78 is 41.5. The Labute approximate surface area is 276 Å². The van der Waals surface area contributed by atoms with Crippen LogP contribution < -0.4 is 10.2 Å². The lowest BCUT2D eigenvalue weighted by Crippen LogP contribution is -2.52. The van der Waals surface area contributed by atoms with Crippen LogP contribution in [0.3, 0.4) is 0 Å². The first-order valence-corrected chi connectivity index (χ1v) is 20.0. The van der Waals surface area contributed by atoms with Crippen LogP contribution in [0.1, 0.15) is 33.6 Å². The van der Waals surface area contributed by atoms with Crippen LogP contribution >= 0.6 is 0 Å². The van der Waals surface area contributed by atoms with Gasteiger partial charge in [0.15, 0.2) is 0 Å². The highest BCUT2D eigenvalue weighted by Gasteiger charge is 2.35. The van der Waals surface area contributed by atoms with Crippen LogP contribution in [0.4, 0.5) is 29.9 Å². The molecule has 0 bridgehead atoms. The van der Waals surface area contributed by atoms with E-state index >= 15 is 0 Å². The van der Waals surface area contributed by atoms with Crippen LogP contribution in [0.25, 0.3) is 22.3 Å². The number of halogens is 2. The lowest BCUT2D eigenvalue weighted by Gasteiger charge is -2.35. The van der Waals surface area contributed by atoms with E-state index in [-0.39, 0.29) is 44.8 Å². The summed E-state index contributed by atoms with van der Waals surface area (Å²) in [5, 5.41) is 3.74. The molecular formula is C33H47F2N7O4Si. The molecule has 14 heteroatoms. The van der Waals surface area contributed by atoms with E-state index in [1.165, 1.54) is 6.33 Å². The van der Waals surface area contributed by atoms with Crippen LogP contribution in [0, 0.1) is 0 Å². The first-order valence-electron chi connectivity index (χ1n) is 16.3. The van der Waals surface area contributed by atoms with Crippen molar-refractivity contribution in [3.63, 3.8) is 0 Å². The summed E-state index contributed by atoms with van der Waals surface area (Å²) in [6.45, 7) is 15.4. The third-order valence-corrected chi connectivity index (χ3v) is 10.0. The summed E-state index contributed by atoms with van der Waals surface area (Å²) in [5.41, 5.74) is 2.48. The monoisotopic (exact) mass is 671 g/mol. The Bertz CT molecular complexity index is 1550. The van der Waals surface area contributed by atoms with Gasteiger partial charge in [0.1, 0.15) is 30.1 Å². The Morgan fingerprint density at radius 1 is 0.957 bits per heavy atom. The number of alkyl halides is 2. The number of carbonyl (C=O) groups excluding carboxylic acids is 2. The Morgan fingerprint density at radius 3 is 2.21 bits per heavy atom.